The van der Waals surface area contributed by atoms with Crippen LogP contribution in [-0.2, 0) is 10.1 Å². The largest absolute Gasteiger partial charge is 0.492 e. The van der Waals surface area contributed by atoms with Gasteiger partial charge in [0, 0.05) is 0 Å². The maximum absolute atomic E-state index is 10.4. The predicted octanol–water partition coefficient (Wildman–Crippen LogP) is 1.26. The van der Waals surface area contributed by atoms with Crippen molar-refractivity contribution in [3.05, 3.63) is 29.8 Å². The highest BCUT2D eigenvalue weighted by molar-refractivity contribution is 7.85. The van der Waals surface area contributed by atoms with Crippen LogP contribution in [0.3, 0.4) is 0 Å². The van der Waals surface area contributed by atoms with Gasteiger partial charge < -0.3 is 4.74 Å². The summed E-state index contributed by atoms with van der Waals surface area (Å²) in [6.07, 6.45) is 0. The molecule has 0 aromatic heterocycles. The fourth-order valence-electron chi connectivity index (χ4n) is 0.975. The Kier molecular flexibility index (Phi) is 3.49. The van der Waals surface area contributed by atoms with Crippen LogP contribution in [0.4, 0.5) is 0 Å². The molecule has 0 saturated carbocycles. The minimum Gasteiger partial charge on any atom is -0.492 e. The SMILES string of the molecule is Cc1ccccc1OCCS(=O)(=O)O. The van der Waals surface area contributed by atoms with Gasteiger partial charge in [-0.1, -0.05) is 18.2 Å². The maximum atomic E-state index is 10.4. The lowest BCUT2D eigenvalue weighted by Gasteiger charge is -2.06. The molecule has 1 aromatic carbocycles. The summed E-state index contributed by atoms with van der Waals surface area (Å²) in [7, 11) is -3.93. The molecule has 5 heteroatoms. The van der Waals surface area contributed by atoms with E-state index in [1.54, 1.807) is 12.1 Å². The molecule has 1 rings (SSSR count). The van der Waals surface area contributed by atoms with Gasteiger partial charge >= 0.3 is 0 Å². The molecule has 0 atom stereocenters. The summed E-state index contributed by atoms with van der Waals surface area (Å²) in [5, 5.41) is 0. The molecule has 0 heterocycles. The molecular weight excluding hydrogens is 204 g/mol. The lowest BCUT2D eigenvalue weighted by Crippen LogP contribution is -2.12. The minimum atomic E-state index is -3.93. The highest BCUT2D eigenvalue weighted by Gasteiger charge is 2.05. The molecule has 1 aromatic rings. The molecule has 0 radical (unpaired) electrons. The summed E-state index contributed by atoms with van der Waals surface area (Å²) in [5.41, 5.74) is 0.933. The van der Waals surface area contributed by atoms with Gasteiger partial charge in [0.1, 0.15) is 18.1 Å². The van der Waals surface area contributed by atoms with Crippen molar-refractivity contribution in [2.45, 2.75) is 6.92 Å². The van der Waals surface area contributed by atoms with Gasteiger partial charge in [0.15, 0.2) is 0 Å². The Bertz CT molecular complexity index is 397. The normalized spacial score (nSPS) is 11.3. The molecule has 1 N–H and O–H groups in total. The van der Waals surface area contributed by atoms with Crippen LogP contribution in [-0.4, -0.2) is 25.3 Å². The van der Waals surface area contributed by atoms with Gasteiger partial charge in [-0.2, -0.15) is 8.42 Å². The minimum absolute atomic E-state index is 0.0380. The van der Waals surface area contributed by atoms with E-state index < -0.39 is 10.1 Å². The summed E-state index contributed by atoms with van der Waals surface area (Å²) in [6, 6.07) is 7.28. The summed E-state index contributed by atoms with van der Waals surface area (Å²) >= 11 is 0. The second kappa shape index (κ2) is 4.43. The Balaban J connectivity index is 2.51. The summed E-state index contributed by atoms with van der Waals surface area (Å²) in [6.45, 7) is 1.83. The molecule has 0 fully saturated rings. The van der Waals surface area contributed by atoms with Gasteiger partial charge in [-0.3, -0.25) is 4.55 Å². The number of ether oxygens (including phenoxy) is 1. The first-order valence-corrected chi connectivity index (χ1v) is 5.73. The molecule has 0 aliphatic carbocycles. The first-order chi connectivity index (χ1) is 6.49. The third-order valence-corrected chi connectivity index (χ3v) is 2.38. The molecule has 0 aliphatic heterocycles. The smallest absolute Gasteiger partial charge is 0.268 e. The van der Waals surface area contributed by atoms with Crippen LogP contribution in [0.1, 0.15) is 5.56 Å². The molecule has 0 saturated heterocycles. The number of hydrogen-bond acceptors (Lipinski definition) is 3. The highest BCUT2D eigenvalue weighted by atomic mass is 32.2. The van der Waals surface area contributed by atoms with Gasteiger partial charge in [0.05, 0.1) is 0 Å². The van der Waals surface area contributed by atoms with Crippen molar-refractivity contribution < 1.29 is 17.7 Å². The second-order valence-corrected chi connectivity index (χ2v) is 4.47. The molecule has 78 valence electrons. The van der Waals surface area contributed by atoms with E-state index in [0.717, 1.165) is 5.56 Å². The van der Waals surface area contributed by atoms with Crippen LogP contribution in [0.5, 0.6) is 5.75 Å². The van der Waals surface area contributed by atoms with Crippen molar-refractivity contribution in [2.75, 3.05) is 12.4 Å². The first kappa shape index (κ1) is 11.0. The molecular formula is C9H12O4S. The van der Waals surface area contributed by atoms with E-state index in [2.05, 4.69) is 0 Å². The van der Waals surface area contributed by atoms with E-state index in [9.17, 15) is 8.42 Å². The molecule has 14 heavy (non-hydrogen) atoms. The van der Waals surface area contributed by atoms with Crippen LogP contribution >= 0.6 is 0 Å². The lowest BCUT2D eigenvalue weighted by atomic mass is 10.2. The third-order valence-electron chi connectivity index (χ3n) is 1.69. The Morgan fingerprint density at radius 1 is 1.36 bits per heavy atom. The van der Waals surface area contributed by atoms with Crippen molar-refractivity contribution in [1.82, 2.24) is 0 Å². The molecule has 0 aliphatic rings. The van der Waals surface area contributed by atoms with Gasteiger partial charge in [0.2, 0.25) is 0 Å². The molecule has 0 amide bonds. The Labute approximate surface area is 83.3 Å². The Morgan fingerprint density at radius 2 is 2.00 bits per heavy atom. The van der Waals surface area contributed by atoms with E-state index in [1.165, 1.54) is 0 Å². The predicted molar refractivity (Wildman–Crippen MR) is 53.1 cm³/mol. The fourth-order valence-corrected chi connectivity index (χ4v) is 1.27. The summed E-state index contributed by atoms with van der Waals surface area (Å²) < 4.78 is 34.4. The zero-order chi connectivity index (χ0) is 10.6. The quantitative estimate of drug-likeness (QED) is 0.770. The van der Waals surface area contributed by atoms with Gasteiger partial charge in [-0.15, -0.1) is 0 Å². The standard InChI is InChI=1S/C9H12O4S/c1-8-4-2-3-5-9(8)13-6-7-14(10,11)12/h2-5H,6-7H2,1H3,(H,10,11,12). The summed E-state index contributed by atoms with van der Waals surface area (Å²) in [4.78, 5) is 0. The summed E-state index contributed by atoms with van der Waals surface area (Å²) in [5.74, 6) is 0.248. The third kappa shape index (κ3) is 3.76. The van der Waals surface area contributed by atoms with E-state index in [1.807, 2.05) is 19.1 Å². The van der Waals surface area contributed by atoms with E-state index in [-0.39, 0.29) is 12.4 Å². The van der Waals surface area contributed by atoms with E-state index in [4.69, 9.17) is 9.29 Å². The van der Waals surface area contributed by atoms with Crippen LogP contribution in [0.15, 0.2) is 24.3 Å². The number of aryl methyl sites for hydroxylation is 1. The molecule has 4 nitrogen and oxygen atoms in total. The van der Waals surface area contributed by atoms with Crippen molar-refractivity contribution in [3.63, 3.8) is 0 Å². The van der Waals surface area contributed by atoms with Crippen molar-refractivity contribution in [1.29, 1.82) is 0 Å². The maximum Gasteiger partial charge on any atom is 0.268 e. The zero-order valence-electron chi connectivity index (χ0n) is 7.80. The van der Waals surface area contributed by atoms with Crippen LogP contribution < -0.4 is 4.74 Å². The van der Waals surface area contributed by atoms with Gasteiger partial charge in [0.25, 0.3) is 10.1 Å². The topological polar surface area (TPSA) is 63.6 Å². The van der Waals surface area contributed by atoms with E-state index >= 15 is 0 Å². The van der Waals surface area contributed by atoms with Crippen molar-refractivity contribution in [3.8, 4) is 5.75 Å². The van der Waals surface area contributed by atoms with Crippen molar-refractivity contribution in [2.24, 2.45) is 0 Å². The first-order valence-electron chi connectivity index (χ1n) is 4.12. The zero-order valence-corrected chi connectivity index (χ0v) is 8.62. The van der Waals surface area contributed by atoms with Crippen LogP contribution in [0.2, 0.25) is 0 Å². The number of benzene rings is 1. The van der Waals surface area contributed by atoms with Crippen LogP contribution in [0, 0.1) is 6.92 Å². The number of rotatable bonds is 4. The second-order valence-electron chi connectivity index (χ2n) is 2.90. The van der Waals surface area contributed by atoms with Crippen molar-refractivity contribution >= 4 is 10.1 Å². The fraction of sp³-hybridized carbons (Fsp3) is 0.333. The van der Waals surface area contributed by atoms with Gasteiger partial charge in [-0.05, 0) is 18.6 Å². The molecule has 0 spiro atoms. The molecule has 0 unspecified atom stereocenters. The van der Waals surface area contributed by atoms with E-state index in [0.29, 0.717) is 5.75 Å². The monoisotopic (exact) mass is 216 g/mol. The van der Waals surface area contributed by atoms with Gasteiger partial charge in [-0.25, -0.2) is 0 Å². The number of hydrogen-bond donors (Lipinski definition) is 1. The average Bonchev–Trinajstić information content (AvgIpc) is 2.06. The van der Waals surface area contributed by atoms with Crippen LogP contribution in [0.25, 0.3) is 0 Å². The number of para-hydroxylation sites is 1. The lowest BCUT2D eigenvalue weighted by molar-refractivity contribution is 0.333. The Morgan fingerprint density at radius 3 is 2.57 bits per heavy atom. The average molecular weight is 216 g/mol. The molecule has 0 bridgehead atoms. The Hall–Kier alpha value is -1.07. The highest BCUT2D eigenvalue weighted by Crippen LogP contribution is 2.15.